The number of guanidine groups is 1. The van der Waals surface area contributed by atoms with Crippen LogP contribution in [-0.2, 0) is 16.1 Å². The van der Waals surface area contributed by atoms with Crippen molar-refractivity contribution in [2.75, 3.05) is 26.2 Å². The number of halogens is 1. The van der Waals surface area contributed by atoms with E-state index in [2.05, 4.69) is 15.2 Å². The van der Waals surface area contributed by atoms with E-state index in [0.717, 1.165) is 37.5 Å². The number of phenols is 1. The summed E-state index contributed by atoms with van der Waals surface area (Å²) in [6.07, 6.45) is 1.82. The minimum absolute atomic E-state index is 0. The minimum atomic E-state index is -0.114. The molecule has 0 aromatic heterocycles. The summed E-state index contributed by atoms with van der Waals surface area (Å²) in [6.45, 7) is 7.12. The first-order valence-corrected chi connectivity index (χ1v) is 8.61. The van der Waals surface area contributed by atoms with Crippen molar-refractivity contribution < 1.29 is 14.6 Å². The van der Waals surface area contributed by atoms with Crippen LogP contribution in [0.2, 0.25) is 0 Å². The van der Waals surface area contributed by atoms with Gasteiger partial charge in [-0.15, -0.1) is 24.0 Å². The Hall–Kier alpha value is -1.51. The number of ether oxygens (including phenoxy) is 1. The van der Waals surface area contributed by atoms with Gasteiger partial charge in [-0.25, -0.2) is 4.99 Å². The number of carbonyl (C=O) groups is 1. The molecule has 0 bridgehead atoms. The van der Waals surface area contributed by atoms with Gasteiger partial charge < -0.3 is 20.1 Å². The van der Waals surface area contributed by atoms with E-state index in [0.29, 0.717) is 19.7 Å². The number of likely N-dealkylation sites (tertiary alicyclic amines) is 1. The number of nitrogens with zero attached hydrogens (tertiary/aromatic N) is 2. The standard InChI is InChI=1S/C18H27N3O3.HI/c1-3-19-18(20-12-14-7-9-16(22)10-8-14)21-11-5-6-15(13-21)17(23)24-4-2;/h7-10,15,22H,3-6,11-13H2,1-2H3,(H,19,20);1H. The molecule has 0 saturated carbocycles. The van der Waals surface area contributed by atoms with E-state index in [1.165, 1.54) is 0 Å². The number of phenolic OH excluding ortho intramolecular Hbond substituents is 1. The van der Waals surface area contributed by atoms with Gasteiger partial charge in [-0.1, -0.05) is 12.1 Å². The van der Waals surface area contributed by atoms with Crippen molar-refractivity contribution in [2.45, 2.75) is 33.2 Å². The highest BCUT2D eigenvalue weighted by Crippen LogP contribution is 2.18. The van der Waals surface area contributed by atoms with Crippen LogP contribution in [0.15, 0.2) is 29.3 Å². The molecule has 1 aliphatic rings. The molecule has 0 radical (unpaired) electrons. The fourth-order valence-corrected chi connectivity index (χ4v) is 2.82. The zero-order chi connectivity index (χ0) is 17.4. The number of rotatable bonds is 5. The Balaban J connectivity index is 0.00000312. The van der Waals surface area contributed by atoms with Gasteiger partial charge in [0.05, 0.1) is 19.1 Å². The van der Waals surface area contributed by atoms with Crippen molar-refractivity contribution >= 4 is 35.9 Å². The summed E-state index contributed by atoms with van der Waals surface area (Å²) in [5.41, 5.74) is 1.03. The highest BCUT2D eigenvalue weighted by atomic mass is 127. The van der Waals surface area contributed by atoms with Crippen LogP contribution in [-0.4, -0.2) is 48.2 Å². The van der Waals surface area contributed by atoms with Crippen LogP contribution < -0.4 is 5.32 Å². The lowest BCUT2D eigenvalue weighted by atomic mass is 9.98. The molecule has 0 spiro atoms. The molecule has 1 atom stereocenters. The van der Waals surface area contributed by atoms with Crippen LogP contribution in [0, 0.1) is 5.92 Å². The predicted octanol–water partition coefficient (Wildman–Crippen LogP) is 2.75. The number of aromatic hydroxyl groups is 1. The number of hydrogen-bond acceptors (Lipinski definition) is 4. The molecule has 25 heavy (non-hydrogen) atoms. The van der Waals surface area contributed by atoms with Crippen LogP contribution in [0.4, 0.5) is 0 Å². The van der Waals surface area contributed by atoms with Gasteiger partial charge in [0.1, 0.15) is 5.75 Å². The molecule has 1 heterocycles. The van der Waals surface area contributed by atoms with E-state index in [1.807, 2.05) is 26.0 Å². The Kier molecular flexibility index (Phi) is 9.62. The first-order chi connectivity index (χ1) is 11.6. The summed E-state index contributed by atoms with van der Waals surface area (Å²) < 4.78 is 5.16. The monoisotopic (exact) mass is 461 g/mol. The van der Waals surface area contributed by atoms with Crippen LogP contribution in [0.3, 0.4) is 0 Å². The van der Waals surface area contributed by atoms with E-state index in [1.54, 1.807) is 12.1 Å². The lowest BCUT2D eigenvalue weighted by Crippen LogP contribution is -2.48. The van der Waals surface area contributed by atoms with Crippen LogP contribution in [0.25, 0.3) is 0 Å². The topological polar surface area (TPSA) is 74.2 Å². The third kappa shape index (κ3) is 6.72. The number of hydrogen-bond donors (Lipinski definition) is 2. The molecule has 2 rings (SSSR count). The van der Waals surface area contributed by atoms with Crippen LogP contribution in [0.1, 0.15) is 32.3 Å². The Morgan fingerprint density at radius 3 is 2.72 bits per heavy atom. The Morgan fingerprint density at radius 1 is 1.36 bits per heavy atom. The highest BCUT2D eigenvalue weighted by molar-refractivity contribution is 14.0. The number of carbonyl (C=O) groups excluding carboxylic acids is 1. The molecule has 1 unspecified atom stereocenters. The second-order valence-electron chi connectivity index (χ2n) is 5.87. The zero-order valence-corrected chi connectivity index (χ0v) is 17.2. The number of nitrogens with one attached hydrogen (secondary N) is 1. The smallest absolute Gasteiger partial charge is 0.310 e. The van der Waals surface area contributed by atoms with Gasteiger partial charge in [-0.3, -0.25) is 4.79 Å². The zero-order valence-electron chi connectivity index (χ0n) is 14.9. The van der Waals surface area contributed by atoms with Crippen LogP contribution >= 0.6 is 24.0 Å². The molecule has 7 heteroatoms. The van der Waals surface area contributed by atoms with Gasteiger partial charge in [-0.2, -0.15) is 0 Å². The van der Waals surface area contributed by atoms with Crippen molar-refractivity contribution in [3.8, 4) is 5.75 Å². The third-order valence-corrected chi connectivity index (χ3v) is 4.02. The lowest BCUT2D eigenvalue weighted by Gasteiger charge is -2.34. The molecule has 6 nitrogen and oxygen atoms in total. The number of esters is 1. The van der Waals surface area contributed by atoms with E-state index in [9.17, 15) is 9.90 Å². The van der Waals surface area contributed by atoms with Crippen molar-refractivity contribution in [1.29, 1.82) is 0 Å². The molecule has 1 aromatic rings. The van der Waals surface area contributed by atoms with Gasteiger partial charge >= 0.3 is 5.97 Å². The highest BCUT2D eigenvalue weighted by Gasteiger charge is 2.28. The van der Waals surface area contributed by atoms with Gasteiger partial charge in [0, 0.05) is 19.6 Å². The van der Waals surface area contributed by atoms with Crippen molar-refractivity contribution in [3.63, 3.8) is 0 Å². The maximum Gasteiger partial charge on any atom is 0.310 e. The van der Waals surface area contributed by atoms with Crippen molar-refractivity contribution in [2.24, 2.45) is 10.9 Å². The summed E-state index contributed by atoms with van der Waals surface area (Å²) in [5.74, 6) is 0.871. The molecule has 140 valence electrons. The second-order valence-corrected chi connectivity index (χ2v) is 5.87. The summed E-state index contributed by atoms with van der Waals surface area (Å²) in [7, 11) is 0. The fraction of sp³-hybridized carbons (Fsp3) is 0.556. The number of piperidine rings is 1. The van der Waals surface area contributed by atoms with Gasteiger partial charge in [0.25, 0.3) is 0 Å². The molecule has 1 saturated heterocycles. The average Bonchev–Trinajstić information content (AvgIpc) is 2.60. The van der Waals surface area contributed by atoms with Crippen molar-refractivity contribution in [3.05, 3.63) is 29.8 Å². The number of aliphatic imine (C=N–C) groups is 1. The van der Waals surface area contributed by atoms with E-state index in [4.69, 9.17) is 4.74 Å². The van der Waals surface area contributed by atoms with Gasteiger partial charge in [0.2, 0.25) is 0 Å². The molecular formula is C18H28IN3O3. The maximum absolute atomic E-state index is 12.0. The number of benzene rings is 1. The van der Waals surface area contributed by atoms with E-state index >= 15 is 0 Å². The normalized spacial score (nSPS) is 17.6. The summed E-state index contributed by atoms with van der Waals surface area (Å²) >= 11 is 0. The summed E-state index contributed by atoms with van der Waals surface area (Å²) in [4.78, 5) is 18.8. The first-order valence-electron chi connectivity index (χ1n) is 8.61. The molecule has 0 aliphatic carbocycles. The molecule has 1 aliphatic heterocycles. The molecule has 1 aromatic carbocycles. The van der Waals surface area contributed by atoms with Gasteiger partial charge in [0.15, 0.2) is 5.96 Å². The van der Waals surface area contributed by atoms with E-state index in [-0.39, 0.29) is 41.6 Å². The Morgan fingerprint density at radius 2 is 2.08 bits per heavy atom. The van der Waals surface area contributed by atoms with Gasteiger partial charge in [-0.05, 0) is 44.4 Å². The van der Waals surface area contributed by atoms with E-state index < -0.39 is 0 Å². The second kappa shape index (κ2) is 11.2. The Bertz CT molecular complexity index is 563. The summed E-state index contributed by atoms with van der Waals surface area (Å²) in [6, 6.07) is 7.05. The molecule has 2 N–H and O–H groups in total. The SMILES string of the molecule is CCNC(=NCc1ccc(O)cc1)N1CCCC(C(=O)OCC)C1.I. The third-order valence-electron chi connectivity index (χ3n) is 4.02. The summed E-state index contributed by atoms with van der Waals surface area (Å²) in [5, 5.41) is 12.6. The lowest BCUT2D eigenvalue weighted by molar-refractivity contribution is -0.149. The fourth-order valence-electron chi connectivity index (χ4n) is 2.82. The average molecular weight is 461 g/mol. The first kappa shape index (κ1) is 21.5. The maximum atomic E-state index is 12.0. The largest absolute Gasteiger partial charge is 0.508 e. The van der Waals surface area contributed by atoms with Crippen LogP contribution in [0.5, 0.6) is 5.75 Å². The molecule has 1 fully saturated rings. The Labute approximate surface area is 166 Å². The molecule has 0 amide bonds. The quantitative estimate of drug-likeness (QED) is 0.306. The predicted molar refractivity (Wildman–Crippen MR) is 109 cm³/mol. The minimum Gasteiger partial charge on any atom is -0.508 e. The molecular weight excluding hydrogens is 433 g/mol. The van der Waals surface area contributed by atoms with Crippen molar-refractivity contribution in [1.82, 2.24) is 10.2 Å².